The van der Waals surface area contributed by atoms with Gasteiger partial charge in [0.15, 0.2) is 0 Å². The lowest BCUT2D eigenvalue weighted by molar-refractivity contribution is -0.0252. The first-order chi connectivity index (χ1) is 10.3. The highest BCUT2D eigenvalue weighted by molar-refractivity contribution is 5.95. The number of aromatic nitrogens is 1. The van der Waals surface area contributed by atoms with Crippen molar-refractivity contribution in [3.63, 3.8) is 0 Å². The van der Waals surface area contributed by atoms with Gasteiger partial charge in [0.1, 0.15) is 0 Å². The Hall–Kier alpha value is -1.50. The van der Waals surface area contributed by atoms with Crippen LogP contribution < -0.4 is 0 Å². The van der Waals surface area contributed by atoms with E-state index in [4.69, 9.17) is 14.2 Å². The van der Waals surface area contributed by atoms with Gasteiger partial charge >= 0.3 is 0 Å². The summed E-state index contributed by atoms with van der Waals surface area (Å²) < 4.78 is 15.7. The quantitative estimate of drug-likeness (QED) is 0.775. The Morgan fingerprint density at radius 3 is 3.10 bits per heavy atom. The number of morpholine rings is 1. The van der Waals surface area contributed by atoms with Gasteiger partial charge in [0.05, 0.1) is 43.7 Å². The van der Waals surface area contributed by atoms with E-state index in [9.17, 15) is 4.79 Å². The summed E-state index contributed by atoms with van der Waals surface area (Å²) in [5, 5.41) is 0. The maximum absolute atomic E-state index is 12.8. The molecule has 1 aliphatic heterocycles. The number of hydrogen-bond acceptors (Lipinski definition) is 5. The van der Waals surface area contributed by atoms with Gasteiger partial charge in [-0.3, -0.25) is 9.78 Å². The molecule has 0 aliphatic carbocycles. The molecule has 1 fully saturated rings. The Morgan fingerprint density at radius 2 is 2.33 bits per heavy atom. The Morgan fingerprint density at radius 1 is 1.48 bits per heavy atom. The van der Waals surface area contributed by atoms with Gasteiger partial charge in [-0.15, -0.1) is 0 Å². The van der Waals surface area contributed by atoms with E-state index in [-0.39, 0.29) is 11.9 Å². The van der Waals surface area contributed by atoms with E-state index >= 15 is 0 Å². The van der Waals surface area contributed by atoms with Crippen molar-refractivity contribution in [1.29, 1.82) is 0 Å². The second kappa shape index (κ2) is 8.07. The molecule has 0 radical (unpaired) electrons. The lowest BCUT2D eigenvalue weighted by Crippen LogP contribution is -2.51. The Labute approximate surface area is 125 Å². The molecule has 6 heteroatoms. The van der Waals surface area contributed by atoms with Crippen LogP contribution in [0, 0.1) is 0 Å². The molecule has 0 N–H and O–H groups in total. The molecule has 2 rings (SSSR count). The highest BCUT2D eigenvalue weighted by Crippen LogP contribution is 2.15. The molecule has 1 aromatic heterocycles. The highest BCUT2D eigenvalue weighted by atomic mass is 16.5. The number of carbonyl (C=O) groups is 1. The van der Waals surface area contributed by atoms with Gasteiger partial charge in [-0.1, -0.05) is 0 Å². The minimum absolute atomic E-state index is 0.0143. The van der Waals surface area contributed by atoms with Gasteiger partial charge in [0, 0.05) is 33.4 Å². The zero-order valence-corrected chi connectivity index (χ0v) is 12.6. The molecule has 1 amide bonds. The van der Waals surface area contributed by atoms with Crippen molar-refractivity contribution in [2.24, 2.45) is 0 Å². The van der Waals surface area contributed by atoms with E-state index < -0.39 is 0 Å². The number of rotatable bonds is 6. The van der Waals surface area contributed by atoms with Crippen molar-refractivity contribution in [3.05, 3.63) is 29.6 Å². The maximum Gasteiger partial charge on any atom is 0.256 e. The predicted octanol–water partition coefficient (Wildman–Crippen LogP) is 0.758. The van der Waals surface area contributed by atoms with E-state index in [1.807, 2.05) is 11.0 Å². The average molecular weight is 294 g/mol. The Balaban J connectivity index is 2.17. The van der Waals surface area contributed by atoms with Crippen molar-refractivity contribution in [2.45, 2.75) is 12.5 Å². The number of nitrogens with zero attached hydrogens (tertiary/aromatic N) is 2. The molecule has 1 aliphatic rings. The molecule has 0 unspecified atom stereocenters. The molecule has 0 bridgehead atoms. The van der Waals surface area contributed by atoms with Crippen molar-refractivity contribution in [1.82, 2.24) is 9.88 Å². The standard InChI is InChI=1S/C15H22N2O4/c1-19-8-5-14-13(4-3-6-16-14)15(18)17-7-9-21-11-12(17)10-20-2/h3-4,6,12H,5,7-11H2,1-2H3/t12-/m1/s1. The summed E-state index contributed by atoms with van der Waals surface area (Å²) in [4.78, 5) is 18.9. The van der Waals surface area contributed by atoms with E-state index in [0.717, 1.165) is 5.69 Å². The maximum atomic E-state index is 12.8. The average Bonchev–Trinajstić information content (AvgIpc) is 2.53. The summed E-state index contributed by atoms with van der Waals surface area (Å²) in [5.41, 5.74) is 1.41. The molecule has 6 nitrogen and oxygen atoms in total. The highest BCUT2D eigenvalue weighted by Gasteiger charge is 2.29. The molecule has 116 valence electrons. The number of ether oxygens (including phenoxy) is 3. The normalized spacial score (nSPS) is 18.8. The Kier molecular flexibility index (Phi) is 6.10. The van der Waals surface area contributed by atoms with E-state index in [1.54, 1.807) is 26.5 Å². The van der Waals surface area contributed by atoms with Crippen molar-refractivity contribution < 1.29 is 19.0 Å². The number of pyridine rings is 1. The van der Waals surface area contributed by atoms with E-state index in [1.165, 1.54) is 0 Å². The summed E-state index contributed by atoms with van der Waals surface area (Å²) in [6.45, 7) is 2.65. The van der Waals surface area contributed by atoms with Gasteiger partial charge in [-0.25, -0.2) is 0 Å². The molecule has 1 atom stereocenters. The topological polar surface area (TPSA) is 60.9 Å². The molecule has 0 spiro atoms. The second-order valence-electron chi connectivity index (χ2n) is 4.92. The number of amides is 1. The first-order valence-electron chi connectivity index (χ1n) is 7.08. The third-order valence-electron chi connectivity index (χ3n) is 3.51. The molecular weight excluding hydrogens is 272 g/mol. The van der Waals surface area contributed by atoms with Crippen LogP contribution in [0.4, 0.5) is 0 Å². The van der Waals surface area contributed by atoms with Gasteiger partial charge in [0.25, 0.3) is 5.91 Å². The van der Waals surface area contributed by atoms with Crippen LogP contribution in [0.1, 0.15) is 16.1 Å². The molecule has 21 heavy (non-hydrogen) atoms. The summed E-state index contributed by atoms with van der Waals surface area (Å²) in [6, 6.07) is 3.56. The molecular formula is C15H22N2O4. The smallest absolute Gasteiger partial charge is 0.256 e. The van der Waals surface area contributed by atoms with Gasteiger partial charge < -0.3 is 19.1 Å². The lowest BCUT2D eigenvalue weighted by Gasteiger charge is -2.35. The zero-order valence-electron chi connectivity index (χ0n) is 12.6. The van der Waals surface area contributed by atoms with Gasteiger partial charge in [-0.2, -0.15) is 0 Å². The molecule has 0 saturated carbocycles. The van der Waals surface area contributed by atoms with Crippen LogP contribution in [0.2, 0.25) is 0 Å². The summed E-state index contributed by atoms with van der Waals surface area (Å²) in [6.07, 6.45) is 2.32. The minimum Gasteiger partial charge on any atom is -0.384 e. The van der Waals surface area contributed by atoms with Gasteiger partial charge in [-0.05, 0) is 12.1 Å². The van der Waals surface area contributed by atoms with E-state index in [2.05, 4.69) is 4.98 Å². The van der Waals surface area contributed by atoms with Crippen molar-refractivity contribution >= 4 is 5.91 Å². The summed E-state index contributed by atoms with van der Waals surface area (Å²) >= 11 is 0. The first-order valence-corrected chi connectivity index (χ1v) is 7.08. The van der Waals surface area contributed by atoms with Crippen LogP contribution in [-0.2, 0) is 20.6 Å². The zero-order chi connectivity index (χ0) is 15.1. The van der Waals surface area contributed by atoms with Crippen LogP contribution in [-0.4, -0.2) is 69.0 Å². The van der Waals surface area contributed by atoms with Crippen LogP contribution in [0.25, 0.3) is 0 Å². The minimum atomic E-state index is -0.0493. The largest absolute Gasteiger partial charge is 0.384 e. The number of hydrogen-bond donors (Lipinski definition) is 0. The second-order valence-corrected chi connectivity index (χ2v) is 4.92. The lowest BCUT2D eigenvalue weighted by atomic mass is 10.1. The first kappa shape index (κ1) is 15.9. The van der Waals surface area contributed by atoms with Crippen LogP contribution in [0.5, 0.6) is 0 Å². The summed E-state index contributed by atoms with van der Waals surface area (Å²) in [5.74, 6) is -0.0143. The van der Waals surface area contributed by atoms with E-state index in [0.29, 0.717) is 45.0 Å². The number of carbonyl (C=O) groups excluding carboxylic acids is 1. The van der Waals surface area contributed by atoms with Crippen molar-refractivity contribution in [2.75, 3.05) is 47.2 Å². The molecule has 1 aromatic rings. The fourth-order valence-electron chi connectivity index (χ4n) is 2.44. The molecule has 1 saturated heterocycles. The third kappa shape index (κ3) is 4.00. The SMILES string of the molecule is COCCc1ncccc1C(=O)N1CCOC[C@H]1COC. The molecule has 2 heterocycles. The molecule has 0 aromatic carbocycles. The van der Waals surface area contributed by atoms with Crippen LogP contribution >= 0.6 is 0 Å². The monoisotopic (exact) mass is 294 g/mol. The Bertz CT molecular complexity index is 465. The summed E-state index contributed by atoms with van der Waals surface area (Å²) in [7, 11) is 3.27. The number of methoxy groups -OCH3 is 2. The fraction of sp³-hybridized carbons (Fsp3) is 0.600. The fourth-order valence-corrected chi connectivity index (χ4v) is 2.44. The van der Waals surface area contributed by atoms with Gasteiger partial charge in [0.2, 0.25) is 0 Å². The van der Waals surface area contributed by atoms with Crippen LogP contribution in [0.15, 0.2) is 18.3 Å². The predicted molar refractivity (Wildman–Crippen MR) is 77.3 cm³/mol. The van der Waals surface area contributed by atoms with Crippen molar-refractivity contribution in [3.8, 4) is 0 Å². The van der Waals surface area contributed by atoms with Crippen LogP contribution in [0.3, 0.4) is 0 Å². The third-order valence-corrected chi connectivity index (χ3v) is 3.51.